The number of hydrogen-bond acceptors (Lipinski definition) is 7. The second-order valence-corrected chi connectivity index (χ2v) is 14.7. The van der Waals surface area contributed by atoms with Crippen LogP contribution in [0.4, 0.5) is 14.5 Å². The van der Waals surface area contributed by atoms with Gasteiger partial charge in [-0.05, 0) is 0 Å². The summed E-state index contributed by atoms with van der Waals surface area (Å²) in [7, 11) is 0. The maximum atomic E-state index is 13.4. The SMILES string of the molecule is C[C@@H]1CC2(CCN(c3cc(SNC4(C)CC4)cn4c(-c5nnc(C(F)F)[se]5)c(C5CC5)nc34)CC2)CO1. The summed E-state index contributed by atoms with van der Waals surface area (Å²) in [5, 5.41) is 8.13. The maximum absolute atomic E-state index is 13.4. The van der Waals surface area contributed by atoms with Crippen LogP contribution in [-0.4, -0.2) is 65.4 Å². The summed E-state index contributed by atoms with van der Waals surface area (Å²) in [5.41, 5.74) is 4.42. The second-order valence-electron chi connectivity index (χ2n) is 11.7. The number of fused-ring (bicyclic) bond motifs is 1. The first kappa shape index (κ1) is 24.5. The number of ether oxygens (including phenoxy) is 1. The average Bonchev–Trinajstić information content (AvgIpc) is 3.72. The Morgan fingerprint density at radius 1 is 1.19 bits per heavy atom. The number of imidazole rings is 1. The van der Waals surface area contributed by atoms with E-state index in [1.807, 2.05) is 0 Å². The molecule has 0 amide bonds. The van der Waals surface area contributed by atoms with Crippen molar-refractivity contribution in [3.63, 3.8) is 0 Å². The Morgan fingerprint density at radius 3 is 2.59 bits per heavy atom. The van der Waals surface area contributed by atoms with E-state index in [0.717, 1.165) is 79.4 Å². The standard InChI is InChI=1S/C26H32F2N6OSSe/c1-15-12-26(14-35-15)7-9-33(10-8-26)18-11-17(36-32-25(2)5-6-25)13-34-20(19(16-3-4-16)29-22(18)34)23-30-31-24(37-23)21(27)28/h11,13,15-16,21,32H,3-10,12,14H2,1-2H3/t15-/m1/s1. The van der Waals surface area contributed by atoms with Gasteiger partial charge in [-0.25, -0.2) is 0 Å². The van der Waals surface area contributed by atoms with Crippen LogP contribution in [0.2, 0.25) is 0 Å². The first-order valence-electron chi connectivity index (χ1n) is 13.3. The third-order valence-corrected chi connectivity index (χ3v) is 11.5. The molecule has 2 saturated heterocycles. The zero-order valence-corrected chi connectivity index (χ0v) is 23.7. The molecule has 3 aromatic heterocycles. The topological polar surface area (TPSA) is 67.6 Å². The van der Waals surface area contributed by atoms with Crippen LogP contribution in [0.25, 0.3) is 15.9 Å². The number of anilines is 1. The van der Waals surface area contributed by atoms with Crippen molar-refractivity contribution in [3.05, 3.63) is 22.5 Å². The van der Waals surface area contributed by atoms with Crippen LogP contribution in [0.3, 0.4) is 0 Å². The molecule has 0 bridgehead atoms. The minimum atomic E-state index is -2.56. The number of pyridine rings is 1. The summed E-state index contributed by atoms with van der Waals surface area (Å²) in [6.45, 7) is 7.23. The third kappa shape index (κ3) is 4.65. The Labute approximate surface area is 225 Å². The Bertz CT molecular complexity index is 1330. The van der Waals surface area contributed by atoms with E-state index < -0.39 is 20.9 Å². The molecule has 1 N–H and O–H groups in total. The van der Waals surface area contributed by atoms with Crippen LogP contribution in [0, 0.1) is 5.41 Å². The molecule has 0 aromatic carbocycles. The monoisotopic (exact) mass is 594 g/mol. The molecule has 0 unspecified atom stereocenters. The van der Waals surface area contributed by atoms with Crippen molar-refractivity contribution in [2.75, 3.05) is 24.6 Å². The Hall–Kier alpha value is -1.52. The number of rotatable bonds is 7. The molecule has 2 saturated carbocycles. The predicted molar refractivity (Wildman–Crippen MR) is 141 cm³/mol. The zero-order valence-electron chi connectivity index (χ0n) is 21.2. The van der Waals surface area contributed by atoms with Gasteiger partial charge in [-0.1, -0.05) is 0 Å². The fraction of sp³-hybridized carbons (Fsp3) is 0.654. The van der Waals surface area contributed by atoms with Gasteiger partial charge in [0.1, 0.15) is 0 Å². The number of alkyl halides is 2. The summed E-state index contributed by atoms with van der Waals surface area (Å²) >= 11 is 1.07. The number of hydrogen-bond donors (Lipinski definition) is 1. The normalized spacial score (nSPS) is 24.6. The van der Waals surface area contributed by atoms with Crippen LogP contribution < -0.4 is 9.62 Å². The predicted octanol–water partition coefficient (Wildman–Crippen LogP) is 5.21. The van der Waals surface area contributed by atoms with Crippen molar-refractivity contribution in [1.29, 1.82) is 0 Å². The molecule has 4 fully saturated rings. The first-order chi connectivity index (χ1) is 17.8. The number of halogens is 2. The van der Waals surface area contributed by atoms with Crippen LogP contribution in [0.5, 0.6) is 0 Å². The fourth-order valence-corrected chi connectivity index (χ4v) is 8.24. The number of aromatic nitrogens is 4. The van der Waals surface area contributed by atoms with E-state index in [4.69, 9.17) is 9.72 Å². The molecule has 1 spiro atoms. The van der Waals surface area contributed by atoms with Gasteiger partial charge in [-0.2, -0.15) is 0 Å². The molecule has 0 radical (unpaired) electrons. The molecule has 11 heteroatoms. The molecular weight excluding hydrogens is 561 g/mol. The van der Waals surface area contributed by atoms with Gasteiger partial charge in [-0.15, -0.1) is 0 Å². The quantitative estimate of drug-likeness (QED) is 0.298. The molecule has 37 heavy (non-hydrogen) atoms. The molecule has 2 aliphatic carbocycles. The van der Waals surface area contributed by atoms with Gasteiger partial charge in [0.25, 0.3) is 0 Å². The van der Waals surface area contributed by atoms with Gasteiger partial charge < -0.3 is 0 Å². The molecule has 3 aromatic rings. The van der Waals surface area contributed by atoms with E-state index in [1.54, 1.807) is 11.9 Å². The fourth-order valence-electron chi connectivity index (χ4n) is 5.77. The summed E-state index contributed by atoms with van der Waals surface area (Å²) in [6.07, 6.45) is 7.80. The summed E-state index contributed by atoms with van der Waals surface area (Å²) in [5.74, 6) is 0.373. The van der Waals surface area contributed by atoms with Crippen LogP contribution in [-0.2, 0) is 4.74 Å². The van der Waals surface area contributed by atoms with Gasteiger partial charge in [0.05, 0.1) is 0 Å². The van der Waals surface area contributed by atoms with Gasteiger partial charge >= 0.3 is 226 Å². The molecule has 7 nitrogen and oxygen atoms in total. The Kier molecular flexibility index (Phi) is 5.97. The first-order valence-corrected chi connectivity index (χ1v) is 15.8. The van der Waals surface area contributed by atoms with E-state index >= 15 is 0 Å². The molecule has 5 heterocycles. The van der Waals surface area contributed by atoms with Gasteiger partial charge in [-0.3, -0.25) is 0 Å². The second kappa shape index (κ2) is 9.01. The van der Waals surface area contributed by atoms with Crippen LogP contribution in [0.15, 0.2) is 17.2 Å². The molecule has 1 atom stereocenters. The number of nitrogens with zero attached hydrogens (tertiary/aromatic N) is 5. The molecular formula is C26H32F2N6OSSe. The minimum absolute atomic E-state index is 0.0948. The molecule has 198 valence electrons. The Morgan fingerprint density at radius 2 is 1.97 bits per heavy atom. The van der Waals surface area contributed by atoms with Crippen molar-refractivity contribution in [2.24, 2.45) is 5.41 Å². The van der Waals surface area contributed by atoms with Gasteiger partial charge in [0.15, 0.2) is 0 Å². The van der Waals surface area contributed by atoms with Crippen LogP contribution in [0.1, 0.15) is 81.4 Å². The molecule has 4 aliphatic rings. The van der Waals surface area contributed by atoms with E-state index in [0.29, 0.717) is 22.0 Å². The van der Waals surface area contributed by atoms with Gasteiger partial charge in [0, 0.05) is 0 Å². The van der Waals surface area contributed by atoms with Crippen molar-refractivity contribution in [3.8, 4) is 10.3 Å². The van der Waals surface area contributed by atoms with Crippen molar-refractivity contribution in [2.45, 2.75) is 87.7 Å². The van der Waals surface area contributed by atoms with Crippen molar-refractivity contribution in [1.82, 2.24) is 24.3 Å². The number of piperidine rings is 1. The van der Waals surface area contributed by atoms with E-state index in [-0.39, 0.29) is 10.1 Å². The van der Waals surface area contributed by atoms with Crippen LogP contribution >= 0.6 is 11.9 Å². The summed E-state index contributed by atoms with van der Waals surface area (Å²) in [6, 6.07) is 2.26. The molecule has 7 rings (SSSR count). The van der Waals surface area contributed by atoms with E-state index in [9.17, 15) is 8.78 Å². The van der Waals surface area contributed by atoms with E-state index in [2.05, 4.69) is 50.3 Å². The summed E-state index contributed by atoms with van der Waals surface area (Å²) in [4.78, 5) is 8.77. The van der Waals surface area contributed by atoms with Crippen molar-refractivity contribution >= 4 is 37.8 Å². The molecule has 2 aliphatic heterocycles. The zero-order chi connectivity index (χ0) is 25.4. The van der Waals surface area contributed by atoms with Gasteiger partial charge in [0.2, 0.25) is 0 Å². The average molecular weight is 594 g/mol. The number of nitrogens with one attached hydrogen (secondary N) is 1. The van der Waals surface area contributed by atoms with Crippen molar-refractivity contribution < 1.29 is 13.5 Å². The summed E-state index contributed by atoms with van der Waals surface area (Å²) < 4.78 is 39.2. The Balaban J connectivity index is 1.30. The van der Waals surface area contributed by atoms with E-state index in [1.165, 1.54) is 12.8 Å². The third-order valence-electron chi connectivity index (χ3n) is 8.47.